The second kappa shape index (κ2) is 9.56. The third kappa shape index (κ3) is 5.01. The number of rotatable bonds is 4. The van der Waals surface area contributed by atoms with Crippen LogP contribution in [0.25, 0.3) is 27.8 Å². The highest BCUT2D eigenvalue weighted by Gasteiger charge is 2.10. The monoisotopic (exact) mass is 492 g/mol. The van der Waals surface area contributed by atoms with Crippen molar-refractivity contribution in [2.24, 2.45) is 0 Å². The Kier molecular flexibility index (Phi) is 6.59. The number of nitrogens with one attached hydrogen (secondary N) is 1. The van der Waals surface area contributed by atoms with E-state index in [1.165, 1.54) is 0 Å². The third-order valence-electron chi connectivity index (χ3n) is 4.72. The first kappa shape index (κ1) is 22.1. The van der Waals surface area contributed by atoms with E-state index in [1.807, 2.05) is 73.1 Å². The molecule has 3 heterocycles. The predicted octanol–water partition coefficient (Wildman–Crippen LogP) is 3.82. The molecule has 0 aliphatic rings. The number of aromatic nitrogens is 4. The molecule has 0 bridgehead atoms. The fourth-order valence-corrected chi connectivity index (χ4v) is 3.55. The average molecular weight is 493 g/mol. The molecule has 5 rings (SSSR count). The molecule has 0 fully saturated rings. The Labute approximate surface area is 194 Å². The summed E-state index contributed by atoms with van der Waals surface area (Å²) in [5, 5.41) is 18.7. The Hall–Kier alpha value is -3.14. The van der Waals surface area contributed by atoms with Gasteiger partial charge in [0, 0.05) is 17.4 Å². The zero-order valence-electron chi connectivity index (χ0n) is 17.6. The van der Waals surface area contributed by atoms with Gasteiger partial charge in [-0.3, -0.25) is 4.57 Å². The molecule has 0 aliphatic heterocycles. The number of pyridine rings is 1. The second-order valence-electron chi connectivity index (χ2n) is 7.45. The van der Waals surface area contributed by atoms with Crippen LogP contribution in [-0.4, -0.2) is 42.8 Å². The lowest BCUT2D eigenvalue weighted by atomic mass is 9.80. The summed E-state index contributed by atoms with van der Waals surface area (Å²) < 4.78 is 8.40. The second-order valence-corrected chi connectivity index (χ2v) is 8.26. The van der Waals surface area contributed by atoms with E-state index < -0.39 is 7.12 Å². The van der Waals surface area contributed by atoms with Crippen molar-refractivity contribution >= 4 is 50.6 Å². The minimum absolute atomic E-state index is 0.174. The first-order valence-electron chi connectivity index (χ1n) is 10.1. The Balaban J connectivity index is 0.000000174. The van der Waals surface area contributed by atoms with Crippen LogP contribution < -0.4 is 10.2 Å². The third-order valence-corrected chi connectivity index (χ3v) is 5.16. The molecule has 5 aromatic rings. The summed E-state index contributed by atoms with van der Waals surface area (Å²) >= 11 is 3.39. The molecule has 162 valence electrons. The van der Waals surface area contributed by atoms with Crippen LogP contribution in [0.2, 0.25) is 0 Å². The molecule has 0 aliphatic carbocycles. The molecule has 0 saturated heterocycles. The van der Waals surface area contributed by atoms with Gasteiger partial charge >= 0.3 is 7.12 Å². The molecule has 3 N–H and O–H groups in total. The molecular formula is C23H22BBrN4O3. The van der Waals surface area contributed by atoms with Crippen LogP contribution in [0.4, 0.5) is 0 Å². The van der Waals surface area contributed by atoms with Gasteiger partial charge in [0.1, 0.15) is 22.2 Å². The number of hydrogen-bond donors (Lipinski definition) is 3. The van der Waals surface area contributed by atoms with E-state index in [1.54, 1.807) is 18.5 Å². The van der Waals surface area contributed by atoms with Gasteiger partial charge in [-0.15, -0.1) is 0 Å². The largest absolute Gasteiger partial charge is 0.491 e. The summed E-state index contributed by atoms with van der Waals surface area (Å²) in [5.74, 6) is 0.863. The van der Waals surface area contributed by atoms with E-state index in [2.05, 4.69) is 30.9 Å². The van der Waals surface area contributed by atoms with Crippen molar-refractivity contribution in [3.63, 3.8) is 0 Å². The molecule has 0 unspecified atom stereocenters. The van der Waals surface area contributed by atoms with E-state index in [4.69, 9.17) is 14.8 Å². The number of halogens is 1. The molecule has 0 radical (unpaired) electrons. The van der Waals surface area contributed by atoms with Crippen molar-refractivity contribution in [2.75, 3.05) is 0 Å². The first-order chi connectivity index (χ1) is 15.4. The van der Waals surface area contributed by atoms with Crippen molar-refractivity contribution in [2.45, 2.75) is 20.0 Å². The summed E-state index contributed by atoms with van der Waals surface area (Å²) in [5.41, 5.74) is 4.23. The summed E-state index contributed by atoms with van der Waals surface area (Å²) in [6.45, 7) is 4.03. The highest BCUT2D eigenvalue weighted by atomic mass is 79.9. The van der Waals surface area contributed by atoms with E-state index in [0.717, 1.165) is 38.1 Å². The smallest absolute Gasteiger partial charge is 0.488 e. The van der Waals surface area contributed by atoms with Gasteiger partial charge in [-0.05, 0) is 89.2 Å². The molecule has 0 amide bonds. The van der Waals surface area contributed by atoms with E-state index in [-0.39, 0.29) is 6.10 Å². The quantitative estimate of drug-likeness (QED) is 0.262. The molecule has 9 heteroatoms. The van der Waals surface area contributed by atoms with Gasteiger partial charge in [0.15, 0.2) is 5.65 Å². The van der Waals surface area contributed by atoms with Crippen molar-refractivity contribution in [1.82, 2.24) is 19.5 Å². The van der Waals surface area contributed by atoms with Crippen molar-refractivity contribution < 1.29 is 14.8 Å². The van der Waals surface area contributed by atoms with Crippen molar-refractivity contribution in [3.05, 3.63) is 77.8 Å². The minimum atomic E-state index is -1.38. The van der Waals surface area contributed by atoms with Crippen LogP contribution in [0.5, 0.6) is 5.75 Å². The van der Waals surface area contributed by atoms with E-state index >= 15 is 0 Å². The lowest BCUT2D eigenvalue weighted by molar-refractivity contribution is 0.242. The Bertz CT molecular complexity index is 1330. The molecule has 2 aromatic carbocycles. The van der Waals surface area contributed by atoms with Gasteiger partial charge < -0.3 is 19.8 Å². The molecule has 0 spiro atoms. The van der Waals surface area contributed by atoms with Gasteiger partial charge in [-0.1, -0.05) is 12.1 Å². The predicted molar refractivity (Wildman–Crippen MR) is 130 cm³/mol. The van der Waals surface area contributed by atoms with E-state index in [9.17, 15) is 0 Å². The molecule has 0 saturated carbocycles. The maximum Gasteiger partial charge on any atom is 0.488 e. The lowest BCUT2D eigenvalue weighted by Gasteiger charge is -2.10. The normalized spacial score (nSPS) is 10.9. The molecule has 7 nitrogen and oxygen atoms in total. The highest BCUT2D eigenvalue weighted by molar-refractivity contribution is 9.10. The standard InChI is InChI=1S/C15H14BrN3O.C8H8BNO2/c1-10(2)20-12-5-3-11(4-6-12)19-9-17-13-7-8-14(16)18-15(13)19;11-9(12)7-1-2-8-6(5-7)3-4-10-8/h3-10H,1-2H3;1-5,10-12H. The highest BCUT2D eigenvalue weighted by Crippen LogP contribution is 2.21. The summed E-state index contributed by atoms with van der Waals surface area (Å²) in [6.07, 6.45) is 3.77. The minimum Gasteiger partial charge on any atom is -0.491 e. The average Bonchev–Trinajstić information content (AvgIpc) is 3.40. The maximum absolute atomic E-state index is 8.87. The van der Waals surface area contributed by atoms with Crippen LogP contribution in [0.3, 0.4) is 0 Å². The first-order valence-corrected chi connectivity index (χ1v) is 10.9. The Morgan fingerprint density at radius 2 is 1.81 bits per heavy atom. The van der Waals surface area contributed by atoms with Crippen molar-refractivity contribution in [3.8, 4) is 11.4 Å². The number of ether oxygens (including phenoxy) is 1. The summed E-state index contributed by atoms with van der Waals surface area (Å²) in [6, 6.07) is 18.9. The number of H-pyrrole nitrogens is 1. The zero-order valence-corrected chi connectivity index (χ0v) is 19.2. The van der Waals surface area contributed by atoms with Crippen LogP contribution in [0.1, 0.15) is 13.8 Å². The fraction of sp³-hybridized carbons (Fsp3) is 0.130. The zero-order chi connectivity index (χ0) is 22.7. The number of nitrogens with zero attached hydrogens (tertiary/aromatic N) is 3. The molecule has 32 heavy (non-hydrogen) atoms. The lowest BCUT2D eigenvalue weighted by Crippen LogP contribution is -2.29. The van der Waals surface area contributed by atoms with Crippen LogP contribution in [0.15, 0.2) is 77.8 Å². The number of benzene rings is 2. The van der Waals surface area contributed by atoms with Crippen LogP contribution in [0, 0.1) is 0 Å². The van der Waals surface area contributed by atoms with E-state index in [0.29, 0.717) is 5.46 Å². The van der Waals surface area contributed by atoms with Gasteiger partial charge in [0.05, 0.1) is 6.10 Å². The topological polar surface area (TPSA) is 96.2 Å². The Morgan fingerprint density at radius 3 is 2.53 bits per heavy atom. The molecular weight excluding hydrogens is 471 g/mol. The molecule has 3 aromatic heterocycles. The van der Waals surface area contributed by atoms with Gasteiger partial charge in [-0.25, -0.2) is 9.97 Å². The van der Waals surface area contributed by atoms with Crippen LogP contribution in [-0.2, 0) is 0 Å². The number of fused-ring (bicyclic) bond motifs is 2. The fourth-order valence-electron chi connectivity index (χ4n) is 3.25. The summed E-state index contributed by atoms with van der Waals surface area (Å²) in [7, 11) is -1.38. The van der Waals surface area contributed by atoms with Crippen LogP contribution >= 0.6 is 15.9 Å². The molecule has 0 atom stereocenters. The number of imidazole rings is 1. The SMILES string of the molecule is CC(C)Oc1ccc(-n2cnc3ccc(Br)nc32)cc1.OB(O)c1ccc2[nH]ccc2c1. The van der Waals surface area contributed by atoms with Gasteiger partial charge in [0.2, 0.25) is 0 Å². The van der Waals surface area contributed by atoms with Gasteiger partial charge in [-0.2, -0.15) is 0 Å². The number of aromatic amines is 1. The van der Waals surface area contributed by atoms with Gasteiger partial charge in [0.25, 0.3) is 0 Å². The van der Waals surface area contributed by atoms with Crippen molar-refractivity contribution in [1.29, 1.82) is 0 Å². The number of hydrogen-bond acceptors (Lipinski definition) is 5. The Morgan fingerprint density at radius 1 is 1.03 bits per heavy atom. The maximum atomic E-state index is 8.87. The summed E-state index contributed by atoms with van der Waals surface area (Å²) in [4.78, 5) is 11.8.